The highest BCUT2D eigenvalue weighted by Gasteiger charge is 2.24. The minimum Gasteiger partial charge on any atom is -0.375 e. The van der Waals surface area contributed by atoms with Crippen LogP contribution in [0.15, 0.2) is 18.6 Å². The Balaban J connectivity index is 1.84. The zero-order chi connectivity index (χ0) is 14.8. The van der Waals surface area contributed by atoms with Crippen LogP contribution in [0.5, 0.6) is 0 Å². The van der Waals surface area contributed by atoms with Crippen LogP contribution in [0.3, 0.4) is 0 Å². The average Bonchev–Trinajstić information content (AvgIpc) is 2.94. The Morgan fingerprint density at radius 3 is 3.00 bits per heavy atom. The molecule has 0 unspecified atom stereocenters. The lowest BCUT2D eigenvalue weighted by atomic mass is 9.95. The maximum Gasteiger partial charge on any atom is 0.219 e. The van der Waals surface area contributed by atoms with E-state index in [2.05, 4.69) is 15.0 Å². The molecule has 6 nitrogen and oxygen atoms in total. The van der Waals surface area contributed by atoms with Crippen molar-refractivity contribution in [3.8, 4) is 10.6 Å². The van der Waals surface area contributed by atoms with Gasteiger partial charge in [-0.25, -0.2) is 9.97 Å². The molecule has 7 heteroatoms. The largest absolute Gasteiger partial charge is 0.375 e. The summed E-state index contributed by atoms with van der Waals surface area (Å²) < 4.78 is 0. The molecule has 110 valence electrons. The Morgan fingerprint density at radius 2 is 2.29 bits per heavy atom. The van der Waals surface area contributed by atoms with Gasteiger partial charge in [0, 0.05) is 38.3 Å². The highest BCUT2D eigenvalue weighted by molar-refractivity contribution is 7.18. The van der Waals surface area contributed by atoms with E-state index in [1.165, 1.54) is 11.3 Å². The molecule has 0 radical (unpaired) electrons. The number of carbonyl (C=O) groups is 1. The van der Waals surface area contributed by atoms with Gasteiger partial charge in [-0.15, -0.1) is 0 Å². The molecular formula is C14H17N5OS. The Labute approximate surface area is 127 Å². The summed E-state index contributed by atoms with van der Waals surface area (Å²) in [6.07, 6.45) is 7.27. The molecule has 1 aliphatic rings. The van der Waals surface area contributed by atoms with Crippen LogP contribution in [0.1, 0.15) is 31.4 Å². The molecule has 21 heavy (non-hydrogen) atoms. The second kappa shape index (κ2) is 5.77. The number of carbonyl (C=O) groups excluding carboxylic acids is 1. The zero-order valence-corrected chi connectivity index (χ0v) is 12.6. The molecule has 0 aromatic carbocycles. The van der Waals surface area contributed by atoms with Gasteiger partial charge in [0.05, 0.1) is 16.8 Å². The van der Waals surface area contributed by atoms with Crippen LogP contribution < -0.4 is 5.73 Å². The second-order valence-corrected chi connectivity index (χ2v) is 6.26. The highest BCUT2D eigenvalue weighted by atomic mass is 32.1. The normalized spacial score (nSPS) is 18.7. The number of nitrogen functional groups attached to an aromatic ring is 1. The molecule has 3 rings (SSSR count). The molecule has 1 aliphatic heterocycles. The molecular weight excluding hydrogens is 286 g/mol. The third-order valence-corrected chi connectivity index (χ3v) is 4.56. The second-order valence-electron chi connectivity index (χ2n) is 5.20. The fraction of sp³-hybridized carbons (Fsp3) is 0.429. The van der Waals surface area contributed by atoms with Gasteiger partial charge in [-0.3, -0.25) is 9.78 Å². The van der Waals surface area contributed by atoms with Crippen molar-refractivity contribution in [1.82, 2.24) is 19.9 Å². The quantitative estimate of drug-likeness (QED) is 0.916. The van der Waals surface area contributed by atoms with Crippen LogP contribution in [-0.2, 0) is 4.79 Å². The van der Waals surface area contributed by atoms with E-state index < -0.39 is 0 Å². The number of nitrogens with zero attached hydrogens (tertiary/aromatic N) is 4. The Hall–Kier alpha value is -2.02. The van der Waals surface area contributed by atoms with Gasteiger partial charge < -0.3 is 10.6 Å². The fourth-order valence-electron chi connectivity index (χ4n) is 2.61. The van der Waals surface area contributed by atoms with Gasteiger partial charge in [-0.05, 0) is 12.8 Å². The summed E-state index contributed by atoms with van der Waals surface area (Å²) in [4.78, 5) is 27.4. The standard InChI is InChI=1S/C14H17N5OS/c1-9(20)19-4-2-3-10(8-19)11-5-16-6-12(18-11)13-7-17-14(15)21-13/h5-7,10H,2-4,8H2,1H3,(H2,15,17)/t10-/m1/s1. The van der Waals surface area contributed by atoms with Gasteiger partial charge >= 0.3 is 0 Å². The maximum atomic E-state index is 11.5. The molecule has 0 aliphatic carbocycles. The third-order valence-electron chi connectivity index (χ3n) is 3.71. The Kier molecular flexibility index (Phi) is 3.83. The first-order valence-electron chi connectivity index (χ1n) is 6.92. The molecule has 1 atom stereocenters. The summed E-state index contributed by atoms with van der Waals surface area (Å²) in [7, 11) is 0. The lowest BCUT2D eigenvalue weighted by Crippen LogP contribution is -2.37. The van der Waals surface area contributed by atoms with Crippen LogP contribution >= 0.6 is 11.3 Å². The fourth-order valence-corrected chi connectivity index (χ4v) is 3.25. The lowest BCUT2D eigenvalue weighted by molar-refractivity contribution is -0.130. The number of hydrogen-bond acceptors (Lipinski definition) is 6. The first-order valence-corrected chi connectivity index (χ1v) is 7.74. The van der Waals surface area contributed by atoms with Crippen LogP contribution in [0.4, 0.5) is 5.13 Å². The van der Waals surface area contributed by atoms with Crippen molar-refractivity contribution in [2.24, 2.45) is 0 Å². The van der Waals surface area contributed by atoms with Crippen molar-refractivity contribution in [2.45, 2.75) is 25.7 Å². The molecule has 2 aromatic heterocycles. The smallest absolute Gasteiger partial charge is 0.219 e. The van der Waals surface area contributed by atoms with E-state index in [4.69, 9.17) is 5.73 Å². The summed E-state index contributed by atoms with van der Waals surface area (Å²) in [5, 5.41) is 0.526. The van der Waals surface area contributed by atoms with Crippen molar-refractivity contribution in [1.29, 1.82) is 0 Å². The molecule has 3 heterocycles. The Morgan fingerprint density at radius 1 is 1.43 bits per heavy atom. The van der Waals surface area contributed by atoms with Crippen molar-refractivity contribution in [3.63, 3.8) is 0 Å². The van der Waals surface area contributed by atoms with Crippen molar-refractivity contribution >= 4 is 22.4 Å². The molecule has 2 N–H and O–H groups in total. The lowest BCUT2D eigenvalue weighted by Gasteiger charge is -2.31. The SMILES string of the molecule is CC(=O)N1CCC[C@@H](c2cncc(-c3cnc(N)s3)n2)C1. The monoisotopic (exact) mass is 303 g/mol. The number of hydrogen-bond donors (Lipinski definition) is 1. The van der Waals surface area contributed by atoms with E-state index in [-0.39, 0.29) is 11.8 Å². The van der Waals surface area contributed by atoms with Gasteiger partial charge in [-0.2, -0.15) is 0 Å². The first kappa shape index (κ1) is 13.9. The topological polar surface area (TPSA) is 85.0 Å². The highest BCUT2D eigenvalue weighted by Crippen LogP contribution is 2.29. The number of piperidine rings is 1. The average molecular weight is 303 g/mol. The Bertz CT molecular complexity index is 656. The van der Waals surface area contributed by atoms with Gasteiger partial charge in [0.1, 0.15) is 5.69 Å². The summed E-state index contributed by atoms with van der Waals surface area (Å²) in [5.74, 6) is 0.374. The number of nitrogens with two attached hydrogens (primary N) is 1. The predicted octanol–water partition coefficient (Wildman–Crippen LogP) is 1.91. The van der Waals surface area contributed by atoms with Crippen molar-refractivity contribution < 1.29 is 4.79 Å². The molecule has 2 aromatic rings. The number of aromatic nitrogens is 3. The zero-order valence-electron chi connectivity index (χ0n) is 11.8. The van der Waals surface area contributed by atoms with Crippen LogP contribution in [0, 0.1) is 0 Å². The minimum atomic E-state index is 0.124. The maximum absolute atomic E-state index is 11.5. The summed E-state index contributed by atoms with van der Waals surface area (Å²) in [6.45, 7) is 3.17. The number of thiazole rings is 1. The van der Waals surface area contributed by atoms with Crippen LogP contribution in [0.25, 0.3) is 10.6 Å². The van der Waals surface area contributed by atoms with Crippen molar-refractivity contribution in [2.75, 3.05) is 18.8 Å². The van der Waals surface area contributed by atoms with Crippen molar-refractivity contribution in [3.05, 3.63) is 24.3 Å². The van der Waals surface area contributed by atoms with Crippen LogP contribution in [-0.4, -0.2) is 38.8 Å². The summed E-state index contributed by atoms with van der Waals surface area (Å²) in [5.41, 5.74) is 7.39. The van der Waals surface area contributed by atoms with Gasteiger partial charge in [0.25, 0.3) is 0 Å². The summed E-state index contributed by atoms with van der Waals surface area (Å²) in [6, 6.07) is 0. The van der Waals surface area contributed by atoms with E-state index in [9.17, 15) is 4.79 Å². The van der Waals surface area contributed by atoms with E-state index >= 15 is 0 Å². The molecule has 0 bridgehead atoms. The minimum absolute atomic E-state index is 0.124. The molecule has 0 spiro atoms. The van der Waals surface area contributed by atoms with Crippen LogP contribution in [0.2, 0.25) is 0 Å². The van der Waals surface area contributed by atoms with Gasteiger partial charge in [0.15, 0.2) is 5.13 Å². The number of anilines is 1. The van der Waals surface area contributed by atoms with Gasteiger partial charge in [-0.1, -0.05) is 11.3 Å². The first-order chi connectivity index (χ1) is 10.1. The van der Waals surface area contributed by atoms with E-state index in [0.29, 0.717) is 5.13 Å². The number of amides is 1. The number of rotatable bonds is 2. The predicted molar refractivity (Wildman–Crippen MR) is 81.8 cm³/mol. The van der Waals surface area contributed by atoms with E-state index in [1.807, 2.05) is 4.90 Å². The molecule has 1 fully saturated rings. The third kappa shape index (κ3) is 3.02. The van der Waals surface area contributed by atoms with Gasteiger partial charge in [0.2, 0.25) is 5.91 Å². The molecule has 1 saturated heterocycles. The van der Waals surface area contributed by atoms with E-state index in [0.717, 1.165) is 42.2 Å². The van der Waals surface area contributed by atoms with E-state index in [1.54, 1.807) is 25.5 Å². The molecule has 1 amide bonds. The molecule has 0 saturated carbocycles. The summed E-state index contributed by atoms with van der Waals surface area (Å²) >= 11 is 1.40. The number of likely N-dealkylation sites (tertiary alicyclic amines) is 1.